The molecule has 1 aliphatic heterocycles. The number of thiophene rings is 1. The molecule has 9 heteroatoms. The maximum absolute atomic E-state index is 14.4. The monoisotopic (exact) mass is 453 g/mol. The molecule has 31 heavy (non-hydrogen) atoms. The highest BCUT2D eigenvalue weighted by molar-refractivity contribution is 7.14. The minimum absolute atomic E-state index is 0.0879. The molecule has 1 amide bonds. The van der Waals surface area contributed by atoms with Crippen LogP contribution in [0.4, 0.5) is 10.1 Å². The van der Waals surface area contributed by atoms with Crippen LogP contribution in [0.2, 0.25) is 0 Å². The average Bonchev–Trinajstić information content (AvgIpc) is 3.49. The van der Waals surface area contributed by atoms with E-state index in [-0.39, 0.29) is 18.0 Å². The number of rotatable bonds is 5. The maximum atomic E-state index is 14.4. The van der Waals surface area contributed by atoms with Crippen LogP contribution in [0.1, 0.15) is 30.8 Å². The maximum Gasteiger partial charge on any atom is 0.230 e. The van der Waals surface area contributed by atoms with Crippen molar-refractivity contribution in [1.82, 2.24) is 19.7 Å². The summed E-state index contributed by atoms with van der Waals surface area (Å²) in [5.41, 5.74) is 2.60. The summed E-state index contributed by atoms with van der Waals surface area (Å²) in [4.78, 5) is 17.1. The van der Waals surface area contributed by atoms with Gasteiger partial charge in [-0.25, -0.2) is 9.37 Å². The zero-order valence-electron chi connectivity index (χ0n) is 16.7. The molecule has 3 aromatic heterocycles. The molecule has 4 heterocycles. The molecule has 0 atom stereocenters. The number of fused-ring (bicyclic) bond motifs is 1. The van der Waals surface area contributed by atoms with Crippen molar-refractivity contribution >= 4 is 34.3 Å². The number of halogens is 1. The number of amides is 1. The third-order valence-electron chi connectivity index (χ3n) is 5.27. The summed E-state index contributed by atoms with van der Waals surface area (Å²) >= 11 is 3.10. The van der Waals surface area contributed by atoms with E-state index >= 15 is 0 Å². The minimum Gasteiger partial charge on any atom is -0.323 e. The first-order valence-corrected chi connectivity index (χ1v) is 12.0. The first kappa shape index (κ1) is 20.0. The van der Waals surface area contributed by atoms with Gasteiger partial charge in [-0.1, -0.05) is 6.42 Å². The van der Waals surface area contributed by atoms with Gasteiger partial charge >= 0.3 is 0 Å². The Hall–Kier alpha value is -2.91. The van der Waals surface area contributed by atoms with E-state index in [9.17, 15) is 9.18 Å². The first-order valence-electron chi connectivity index (χ1n) is 10.2. The number of hydrogen-bond donors (Lipinski definition) is 1. The van der Waals surface area contributed by atoms with Gasteiger partial charge in [0.2, 0.25) is 5.91 Å². The smallest absolute Gasteiger partial charge is 0.230 e. The summed E-state index contributed by atoms with van der Waals surface area (Å²) < 4.78 is 16.5. The predicted molar refractivity (Wildman–Crippen MR) is 121 cm³/mol. The number of hydrogen-bond acceptors (Lipinski definition) is 6. The van der Waals surface area contributed by atoms with Crippen LogP contribution < -0.4 is 5.32 Å². The number of aromatic nitrogens is 4. The molecule has 0 unspecified atom stereocenters. The highest BCUT2D eigenvalue weighted by Crippen LogP contribution is 2.28. The Kier molecular flexibility index (Phi) is 5.61. The highest BCUT2D eigenvalue weighted by Gasteiger charge is 2.18. The fourth-order valence-electron chi connectivity index (χ4n) is 3.72. The van der Waals surface area contributed by atoms with Gasteiger partial charge in [0.25, 0.3) is 0 Å². The summed E-state index contributed by atoms with van der Waals surface area (Å²) in [6.07, 6.45) is 4.33. The van der Waals surface area contributed by atoms with E-state index in [0.717, 1.165) is 54.2 Å². The van der Waals surface area contributed by atoms with E-state index in [1.165, 1.54) is 17.4 Å². The molecule has 0 fully saturated rings. The lowest BCUT2D eigenvalue weighted by Gasteiger charge is -2.10. The molecule has 158 valence electrons. The average molecular weight is 454 g/mol. The number of nitrogens with one attached hydrogen (secondary N) is 1. The van der Waals surface area contributed by atoms with Crippen molar-refractivity contribution in [2.75, 3.05) is 5.32 Å². The van der Waals surface area contributed by atoms with Crippen molar-refractivity contribution in [2.24, 2.45) is 0 Å². The van der Waals surface area contributed by atoms with E-state index in [1.807, 2.05) is 22.2 Å². The molecule has 0 bridgehead atoms. The standard InChI is InChI=1S/C22H20FN5OS2/c23-17-6-5-14(21-27-26-19-4-2-1-3-8-28(19)21)10-18(17)25-20(29)11-16-13-31-22(24-16)15-7-9-30-12-15/h5-7,9-10,12-13H,1-4,8,11H2,(H,25,29). The minimum atomic E-state index is -0.482. The molecule has 0 saturated carbocycles. The van der Waals surface area contributed by atoms with Crippen molar-refractivity contribution in [3.63, 3.8) is 0 Å². The van der Waals surface area contributed by atoms with E-state index < -0.39 is 5.82 Å². The van der Waals surface area contributed by atoms with Gasteiger partial charge in [0.15, 0.2) is 5.82 Å². The SMILES string of the molecule is O=C(Cc1csc(-c2ccsc2)n1)Nc1cc(-c2nnc3n2CCCCC3)ccc1F. The molecule has 1 N–H and O–H groups in total. The quantitative estimate of drug-likeness (QED) is 0.452. The van der Waals surface area contributed by atoms with Crippen molar-refractivity contribution in [3.05, 3.63) is 57.7 Å². The zero-order valence-corrected chi connectivity index (χ0v) is 18.3. The summed E-state index contributed by atoms with van der Waals surface area (Å²) in [6, 6.07) is 6.67. The summed E-state index contributed by atoms with van der Waals surface area (Å²) in [7, 11) is 0. The van der Waals surface area contributed by atoms with Crippen LogP contribution >= 0.6 is 22.7 Å². The van der Waals surface area contributed by atoms with Gasteiger partial charge in [-0.2, -0.15) is 11.3 Å². The molecule has 1 aromatic carbocycles. The molecular weight excluding hydrogens is 433 g/mol. The van der Waals surface area contributed by atoms with Crippen LogP contribution in [-0.2, 0) is 24.2 Å². The summed E-state index contributed by atoms with van der Waals surface area (Å²) in [5.74, 6) is 0.892. The normalized spacial score (nSPS) is 13.6. The second kappa shape index (κ2) is 8.68. The molecule has 0 saturated heterocycles. The third kappa shape index (κ3) is 4.28. The van der Waals surface area contributed by atoms with Crippen molar-refractivity contribution in [3.8, 4) is 22.0 Å². The van der Waals surface area contributed by atoms with Gasteiger partial charge in [0.1, 0.15) is 16.6 Å². The zero-order chi connectivity index (χ0) is 21.2. The summed E-state index contributed by atoms with van der Waals surface area (Å²) in [5, 5.41) is 18.1. The number of aryl methyl sites for hydroxylation is 1. The fourth-order valence-corrected chi connectivity index (χ4v) is 5.26. The Labute approximate surface area is 186 Å². The van der Waals surface area contributed by atoms with Crippen LogP contribution in [0.25, 0.3) is 22.0 Å². The lowest BCUT2D eigenvalue weighted by Crippen LogP contribution is -2.15. The molecule has 0 aliphatic carbocycles. The predicted octanol–water partition coefficient (Wildman–Crippen LogP) is 5.18. The van der Waals surface area contributed by atoms with Crippen molar-refractivity contribution in [1.29, 1.82) is 0 Å². The number of benzene rings is 1. The fraction of sp³-hybridized carbons (Fsp3) is 0.273. The first-order chi connectivity index (χ1) is 15.2. The van der Waals surface area contributed by atoms with Crippen molar-refractivity contribution < 1.29 is 9.18 Å². The van der Waals surface area contributed by atoms with Crippen LogP contribution in [0.3, 0.4) is 0 Å². The molecule has 0 radical (unpaired) electrons. The van der Waals surface area contributed by atoms with Gasteiger partial charge in [-0.15, -0.1) is 21.5 Å². The molecule has 5 rings (SSSR count). The molecule has 0 spiro atoms. The molecule has 4 aromatic rings. The molecule has 6 nitrogen and oxygen atoms in total. The van der Waals surface area contributed by atoms with Gasteiger partial charge in [-0.3, -0.25) is 4.79 Å². The van der Waals surface area contributed by atoms with Crippen LogP contribution in [-0.4, -0.2) is 25.7 Å². The number of anilines is 1. The second-order valence-corrected chi connectivity index (χ2v) is 9.12. The Morgan fingerprint density at radius 3 is 2.94 bits per heavy atom. The number of carbonyl (C=O) groups is 1. The van der Waals surface area contributed by atoms with Gasteiger partial charge < -0.3 is 9.88 Å². The summed E-state index contributed by atoms with van der Waals surface area (Å²) in [6.45, 7) is 0.854. The van der Waals surface area contributed by atoms with E-state index in [4.69, 9.17) is 0 Å². The van der Waals surface area contributed by atoms with Crippen LogP contribution in [0.5, 0.6) is 0 Å². The van der Waals surface area contributed by atoms with E-state index in [0.29, 0.717) is 11.5 Å². The van der Waals surface area contributed by atoms with Gasteiger partial charge in [-0.05, 0) is 42.5 Å². The Balaban J connectivity index is 1.33. The number of carbonyl (C=O) groups excluding carboxylic acids is 1. The van der Waals surface area contributed by atoms with Gasteiger partial charge in [0.05, 0.1) is 17.8 Å². The lowest BCUT2D eigenvalue weighted by molar-refractivity contribution is -0.115. The Morgan fingerprint density at radius 2 is 2.06 bits per heavy atom. The largest absolute Gasteiger partial charge is 0.323 e. The molecule has 1 aliphatic rings. The second-order valence-electron chi connectivity index (χ2n) is 7.48. The highest BCUT2D eigenvalue weighted by atomic mass is 32.1. The van der Waals surface area contributed by atoms with Gasteiger partial charge in [0, 0.05) is 34.9 Å². The molecular formula is C22H20FN5OS2. The Morgan fingerprint density at radius 1 is 1.13 bits per heavy atom. The number of thiazole rings is 1. The van der Waals surface area contributed by atoms with Crippen LogP contribution in [0, 0.1) is 5.82 Å². The third-order valence-corrected chi connectivity index (χ3v) is 6.89. The van der Waals surface area contributed by atoms with E-state index in [1.54, 1.807) is 23.5 Å². The van der Waals surface area contributed by atoms with Crippen LogP contribution in [0.15, 0.2) is 40.4 Å². The number of nitrogens with zero attached hydrogens (tertiary/aromatic N) is 4. The van der Waals surface area contributed by atoms with Crippen molar-refractivity contribution in [2.45, 2.75) is 38.6 Å². The van der Waals surface area contributed by atoms with E-state index in [2.05, 4.69) is 25.1 Å². The lowest BCUT2D eigenvalue weighted by atomic mass is 10.1. The Bertz CT molecular complexity index is 1210. The topological polar surface area (TPSA) is 72.7 Å².